The van der Waals surface area contributed by atoms with Gasteiger partial charge in [-0.3, -0.25) is 14.9 Å². The normalized spacial score (nSPS) is 15.3. The summed E-state index contributed by atoms with van der Waals surface area (Å²) in [4.78, 5) is 24.2. The number of halogens is 1. The topological polar surface area (TPSA) is 60.2 Å². The minimum absolute atomic E-state index is 0.0164. The van der Waals surface area contributed by atoms with Crippen molar-refractivity contribution in [1.82, 2.24) is 0 Å². The van der Waals surface area contributed by atoms with E-state index in [9.17, 15) is 14.9 Å². The Morgan fingerprint density at radius 1 is 1.19 bits per heavy atom. The van der Waals surface area contributed by atoms with Crippen LogP contribution in [0.3, 0.4) is 0 Å². The molecular weight excluding hydrogens is 354 g/mol. The molecule has 0 amide bonds. The van der Waals surface area contributed by atoms with E-state index < -0.39 is 4.92 Å². The molecule has 0 unspecified atom stereocenters. The highest BCUT2D eigenvalue weighted by Crippen LogP contribution is 2.40. The molecule has 104 valence electrons. The zero-order chi connectivity index (χ0) is 15.0. The Morgan fingerprint density at radius 3 is 2.67 bits per heavy atom. The smallest absolute Gasteiger partial charge is 0.284 e. The summed E-state index contributed by atoms with van der Waals surface area (Å²) < 4.78 is 0.420. The second-order valence-electron chi connectivity index (χ2n) is 4.40. The number of nitrogens with zero attached hydrogens (tertiary/aromatic N) is 1. The molecule has 6 heteroatoms. The van der Waals surface area contributed by atoms with E-state index in [-0.39, 0.29) is 11.5 Å². The van der Waals surface area contributed by atoms with Gasteiger partial charge in [-0.05, 0) is 45.8 Å². The summed E-state index contributed by atoms with van der Waals surface area (Å²) in [5, 5.41) is 10.9. The number of ketones is 1. The largest absolute Gasteiger partial charge is 0.288 e. The van der Waals surface area contributed by atoms with E-state index in [1.807, 2.05) is 18.2 Å². The molecule has 0 aliphatic carbocycles. The Labute approximate surface area is 133 Å². The number of fused-ring (bicyclic) bond motifs is 1. The molecule has 4 nitrogen and oxygen atoms in total. The molecule has 0 saturated carbocycles. The van der Waals surface area contributed by atoms with Crippen molar-refractivity contribution in [1.29, 1.82) is 0 Å². The minimum Gasteiger partial charge on any atom is -0.288 e. The molecule has 1 heterocycles. The highest BCUT2D eigenvalue weighted by molar-refractivity contribution is 9.10. The first-order valence-corrected chi connectivity index (χ1v) is 7.64. The van der Waals surface area contributed by atoms with Crippen LogP contribution in [0.15, 0.2) is 56.7 Å². The SMILES string of the molecule is O=C1/C(=C\c2ccc(Br)c([N+](=O)[O-])c2)Sc2ccccc21. The van der Waals surface area contributed by atoms with Crippen molar-refractivity contribution in [3.8, 4) is 0 Å². The van der Waals surface area contributed by atoms with Gasteiger partial charge in [0.2, 0.25) is 5.78 Å². The van der Waals surface area contributed by atoms with Gasteiger partial charge in [0.25, 0.3) is 5.69 Å². The van der Waals surface area contributed by atoms with Crippen molar-refractivity contribution in [2.75, 3.05) is 0 Å². The first kappa shape index (κ1) is 14.0. The minimum atomic E-state index is -0.454. The molecule has 2 aromatic rings. The molecule has 0 fully saturated rings. The molecule has 0 saturated heterocycles. The highest BCUT2D eigenvalue weighted by Gasteiger charge is 2.25. The number of allylic oxidation sites excluding steroid dienone is 1. The Bertz CT molecular complexity index is 801. The van der Waals surface area contributed by atoms with Gasteiger partial charge >= 0.3 is 0 Å². The molecule has 0 atom stereocenters. The predicted molar refractivity (Wildman–Crippen MR) is 85.4 cm³/mol. The Kier molecular flexibility index (Phi) is 3.65. The van der Waals surface area contributed by atoms with Crippen molar-refractivity contribution < 1.29 is 9.72 Å². The fourth-order valence-electron chi connectivity index (χ4n) is 2.05. The molecule has 21 heavy (non-hydrogen) atoms. The van der Waals surface area contributed by atoms with Crippen molar-refractivity contribution in [2.24, 2.45) is 0 Å². The molecule has 0 spiro atoms. The van der Waals surface area contributed by atoms with Crippen molar-refractivity contribution >= 4 is 45.2 Å². The number of rotatable bonds is 2. The lowest BCUT2D eigenvalue weighted by Gasteiger charge is -1.99. The second kappa shape index (κ2) is 5.46. The van der Waals surface area contributed by atoms with Crippen LogP contribution in [0.1, 0.15) is 15.9 Å². The predicted octanol–water partition coefficient (Wildman–Crippen LogP) is 4.69. The van der Waals surface area contributed by atoms with E-state index in [4.69, 9.17) is 0 Å². The van der Waals surface area contributed by atoms with Gasteiger partial charge in [-0.2, -0.15) is 0 Å². The lowest BCUT2D eigenvalue weighted by molar-refractivity contribution is -0.385. The summed E-state index contributed by atoms with van der Waals surface area (Å²) in [5.74, 6) is -0.0406. The lowest BCUT2D eigenvalue weighted by Crippen LogP contribution is -1.94. The van der Waals surface area contributed by atoms with Gasteiger partial charge in [-0.25, -0.2) is 0 Å². The maximum atomic E-state index is 12.3. The second-order valence-corrected chi connectivity index (χ2v) is 6.34. The summed E-state index contributed by atoms with van der Waals surface area (Å²) in [6, 6.07) is 12.2. The third-order valence-electron chi connectivity index (χ3n) is 3.04. The summed E-state index contributed by atoms with van der Waals surface area (Å²) in [6.45, 7) is 0. The van der Waals surface area contributed by atoms with E-state index in [0.29, 0.717) is 20.5 Å². The molecule has 0 aromatic heterocycles. The molecule has 1 aliphatic heterocycles. The molecule has 1 aliphatic rings. The number of thioether (sulfide) groups is 1. The van der Waals surface area contributed by atoms with E-state index in [1.54, 1.807) is 24.3 Å². The number of carbonyl (C=O) groups excluding carboxylic acids is 1. The zero-order valence-corrected chi connectivity index (χ0v) is 13.0. The van der Waals surface area contributed by atoms with Gasteiger partial charge in [0.1, 0.15) is 0 Å². The molecule has 0 radical (unpaired) electrons. The number of hydrogen-bond acceptors (Lipinski definition) is 4. The Morgan fingerprint density at radius 2 is 1.95 bits per heavy atom. The van der Waals surface area contributed by atoms with Crippen LogP contribution in [0, 0.1) is 10.1 Å². The Hall–Kier alpha value is -1.92. The standard InChI is InChI=1S/C15H8BrNO3S/c16-11-6-5-9(7-12(11)17(19)20)8-14-15(18)10-3-1-2-4-13(10)21-14/h1-8H/b14-8+. The van der Waals surface area contributed by atoms with Gasteiger partial charge in [0.15, 0.2) is 0 Å². The quantitative estimate of drug-likeness (QED) is 0.442. The van der Waals surface area contributed by atoms with Crippen LogP contribution in [0.25, 0.3) is 6.08 Å². The van der Waals surface area contributed by atoms with Crippen molar-refractivity contribution in [3.63, 3.8) is 0 Å². The fourth-order valence-corrected chi connectivity index (χ4v) is 3.49. The van der Waals surface area contributed by atoms with E-state index in [1.165, 1.54) is 17.8 Å². The van der Waals surface area contributed by atoms with E-state index in [0.717, 1.165) is 4.90 Å². The monoisotopic (exact) mass is 361 g/mol. The van der Waals surface area contributed by atoms with E-state index >= 15 is 0 Å². The average molecular weight is 362 g/mol. The average Bonchev–Trinajstić information content (AvgIpc) is 2.78. The fraction of sp³-hybridized carbons (Fsp3) is 0. The Balaban J connectivity index is 2.00. The van der Waals surface area contributed by atoms with Crippen LogP contribution >= 0.6 is 27.7 Å². The molecule has 0 bridgehead atoms. The maximum Gasteiger partial charge on any atom is 0.284 e. The van der Waals surface area contributed by atoms with Crippen LogP contribution in [0.4, 0.5) is 5.69 Å². The van der Waals surface area contributed by atoms with E-state index in [2.05, 4.69) is 15.9 Å². The van der Waals surface area contributed by atoms with Crippen LogP contribution in [-0.4, -0.2) is 10.7 Å². The van der Waals surface area contributed by atoms with Gasteiger partial charge in [-0.1, -0.05) is 30.0 Å². The lowest BCUT2D eigenvalue weighted by atomic mass is 10.1. The number of hydrogen-bond donors (Lipinski definition) is 0. The van der Waals surface area contributed by atoms with Crippen LogP contribution in [0.5, 0.6) is 0 Å². The van der Waals surface area contributed by atoms with Crippen molar-refractivity contribution in [2.45, 2.75) is 4.90 Å². The summed E-state index contributed by atoms with van der Waals surface area (Å²) in [5.41, 5.74) is 1.30. The number of carbonyl (C=O) groups is 1. The first-order chi connectivity index (χ1) is 10.1. The van der Waals surface area contributed by atoms with Gasteiger partial charge < -0.3 is 0 Å². The summed E-state index contributed by atoms with van der Waals surface area (Å²) >= 11 is 4.53. The zero-order valence-electron chi connectivity index (χ0n) is 10.6. The van der Waals surface area contributed by atoms with Gasteiger partial charge in [0, 0.05) is 16.5 Å². The molecule has 3 rings (SSSR count). The summed E-state index contributed by atoms with van der Waals surface area (Å²) in [6.07, 6.45) is 1.69. The molecule has 2 aromatic carbocycles. The third-order valence-corrected chi connectivity index (χ3v) is 4.81. The maximum absolute atomic E-state index is 12.3. The number of nitro benzene ring substituents is 1. The highest BCUT2D eigenvalue weighted by atomic mass is 79.9. The summed E-state index contributed by atoms with van der Waals surface area (Å²) in [7, 11) is 0. The number of benzene rings is 2. The first-order valence-electron chi connectivity index (χ1n) is 6.03. The number of nitro groups is 1. The van der Waals surface area contributed by atoms with Gasteiger partial charge in [-0.15, -0.1) is 0 Å². The molecular formula is C15H8BrNO3S. The van der Waals surface area contributed by atoms with Crippen molar-refractivity contribution in [3.05, 3.63) is 73.1 Å². The van der Waals surface area contributed by atoms with Crippen LogP contribution in [-0.2, 0) is 0 Å². The van der Waals surface area contributed by atoms with Gasteiger partial charge in [0.05, 0.1) is 14.3 Å². The van der Waals surface area contributed by atoms with Crippen LogP contribution < -0.4 is 0 Å². The number of Topliss-reactive ketones (excluding diaryl/α,β-unsaturated/α-hetero) is 1. The third kappa shape index (κ3) is 2.64. The molecule has 0 N–H and O–H groups in total. The van der Waals surface area contributed by atoms with Crippen LogP contribution in [0.2, 0.25) is 0 Å².